The summed E-state index contributed by atoms with van der Waals surface area (Å²) in [4.78, 5) is 0. The summed E-state index contributed by atoms with van der Waals surface area (Å²) in [5.41, 5.74) is 4.68. The molecule has 0 saturated heterocycles. The van der Waals surface area contributed by atoms with Gasteiger partial charge in [-0.05, 0) is 47.6 Å². The second kappa shape index (κ2) is 8.59. The van der Waals surface area contributed by atoms with Gasteiger partial charge in [-0.1, -0.05) is 44.2 Å². The molecule has 0 aliphatic carbocycles. The fraction of sp³-hybridized carbons (Fsp3) is 0.400. The van der Waals surface area contributed by atoms with Crippen LogP contribution in [0, 0.1) is 5.92 Å². The third-order valence-electron chi connectivity index (χ3n) is 3.82. The Balaban J connectivity index is 1.99. The van der Waals surface area contributed by atoms with E-state index in [1.54, 1.807) is 7.11 Å². The van der Waals surface area contributed by atoms with Gasteiger partial charge in [-0.25, -0.2) is 0 Å². The molecule has 0 radical (unpaired) electrons. The SMILES string of the molecule is COc1cc(CCO)ccc1NCc1ccc(CC(C)C)cc1. The van der Waals surface area contributed by atoms with Gasteiger partial charge < -0.3 is 15.2 Å². The van der Waals surface area contributed by atoms with Crippen molar-refractivity contribution in [2.45, 2.75) is 33.2 Å². The first-order valence-corrected chi connectivity index (χ1v) is 8.22. The van der Waals surface area contributed by atoms with Crippen LogP contribution >= 0.6 is 0 Å². The number of rotatable bonds is 8. The van der Waals surface area contributed by atoms with Gasteiger partial charge in [0.25, 0.3) is 0 Å². The van der Waals surface area contributed by atoms with Crippen LogP contribution in [0.4, 0.5) is 5.69 Å². The number of aliphatic hydroxyl groups excluding tert-OH is 1. The van der Waals surface area contributed by atoms with Gasteiger partial charge in [0, 0.05) is 13.2 Å². The molecule has 3 nitrogen and oxygen atoms in total. The Kier molecular flexibility index (Phi) is 6.48. The molecule has 0 spiro atoms. The number of benzene rings is 2. The maximum atomic E-state index is 9.03. The normalized spacial score (nSPS) is 10.8. The lowest BCUT2D eigenvalue weighted by Crippen LogP contribution is -2.03. The molecule has 0 saturated carbocycles. The molecular formula is C20H27NO2. The molecule has 0 aliphatic heterocycles. The Labute approximate surface area is 139 Å². The fourth-order valence-electron chi connectivity index (χ4n) is 2.63. The highest BCUT2D eigenvalue weighted by Gasteiger charge is 2.05. The van der Waals surface area contributed by atoms with Gasteiger partial charge >= 0.3 is 0 Å². The van der Waals surface area contributed by atoms with Gasteiger partial charge in [0.1, 0.15) is 5.75 Å². The number of ether oxygens (including phenoxy) is 1. The molecule has 0 heterocycles. The number of anilines is 1. The van der Waals surface area contributed by atoms with Crippen molar-refractivity contribution in [3.05, 3.63) is 59.2 Å². The minimum absolute atomic E-state index is 0.151. The van der Waals surface area contributed by atoms with Gasteiger partial charge in [-0.15, -0.1) is 0 Å². The molecule has 0 aromatic heterocycles. The molecule has 2 aromatic rings. The van der Waals surface area contributed by atoms with Crippen LogP contribution in [0.25, 0.3) is 0 Å². The second-order valence-electron chi connectivity index (χ2n) is 6.28. The molecule has 3 heteroatoms. The molecule has 2 N–H and O–H groups in total. The monoisotopic (exact) mass is 313 g/mol. The van der Waals surface area contributed by atoms with Crippen molar-refractivity contribution in [1.82, 2.24) is 0 Å². The van der Waals surface area contributed by atoms with Crippen molar-refractivity contribution in [1.29, 1.82) is 0 Å². The van der Waals surface area contributed by atoms with Gasteiger partial charge in [-0.3, -0.25) is 0 Å². The van der Waals surface area contributed by atoms with Crippen LogP contribution < -0.4 is 10.1 Å². The van der Waals surface area contributed by atoms with Crippen LogP contribution in [0.15, 0.2) is 42.5 Å². The molecule has 0 atom stereocenters. The van der Waals surface area contributed by atoms with E-state index in [1.165, 1.54) is 11.1 Å². The van der Waals surface area contributed by atoms with E-state index in [-0.39, 0.29) is 6.61 Å². The Hall–Kier alpha value is -2.00. The number of aliphatic hydroxyl groups is 1. The Morgan fingerprint density at radius 1 is 1.00 bits per heavy atom. The highest BCUT2D eigenvalue weighted by atomic mass is 16.5. The third-order valence-corrected chi connectivity index (χ3v) is 3.82. The molecule has 0 amide bonds. The molecule has 2 rings (SSSR count). The van der Waals surface area contributed by atoms with Crippen LogP contribution in [-0.4, -0.2) is 18.8 Å². The van der Waals surface area contributed by atoms with Gasteiger partial charge in [0.2, 0.25) is 0 Å². The fourth-order valence-corrected chi connectivity index (χ4v) is 2.63. The summed E-state index contributed by atoms with van der Waals surface area (Å²) in [7, 11) is 1.67. The van der Waals surface area contributed by atoms with Gasteiger partial charge in [0.15, 0.2) is 0 Å². The van der Waals surface area contributed by atoms with E-state index >= 15 is 0 Å². The number of hydrogen-bond acceptors (Lipinski definition) is 3. The van der Waals surface area contributed by atoms with E-state index < -0.39 is 0 Å². The van der Waals surface area contributed by atoms with Crippen LogP contribution in [0.2, 0.25) is 0 Å². The predicted molar refractivity (Wildman–Crippen MR) is 96.1 cm³/mol. The minimum Gasteiger partial charge on any atom is -0.495 e. The standard InChI is InChI=1S/C20H27NO2/c1-15(2)12-16-4-6-18(7-5-16)14-21-19-9-8-17(10-11-22)13-20(19)23-3/h4-9,13,15,21-22H,10-12,14H2,1-3H3. The lowest BCUT2D eigenvalue weighted by molar-refractivity contribution is 0.299. The van der Waals surface area contributed by atoms with E-state index in [9.17, 15) is 0 Å². The van der Waals surface area contributed by atoms with Crippen molar-refractivity contribution < 1.29 is 9.84 Å². The van der Waals surface area contributed by atoms with Crippen molar-refractivity contribution in [3.63, 3.8) is 0 Å². The molecule has 0 aliphatic rings. The van der Waals surface area contributed by atoms with E-state index in [0.717, 1.165) is 30.0 Å². The maximum absolute atomic E-state index is 9.03. The largest absolute Gasteiger partial charge is 0.495 e. The summed E-state index contributed by atoms with van der Waals surface area (Å²) in [5, 5.41) is 12.4. The Bertz CT molecular complexity index is 606. The zero-order valence-electron chi connectivity index (χ0n) is 14.3. The smallest absolute Gasteiger partial charge is 0.142 e. The quantitative estimate of drug-likeness (QED) is 0.773. The topological polar surface area (TPSA) is 41.5 Å². The summed E-state index contributed by atoms with van der Waals surface area (Å²) < 4.78 is 5.44. The first-order chi connectivity index (χ1) is 11.1. The zero-order valence-corrected chi connectivity index (χ0v) is 14.3. The summed E-state index contributed by atoms with van der Waals surface area (Å²) in [6, 6.07) is 14.8. The highest BCUT2D eigenvalue weighted by Crippen LogP contribution is 2.26. The van der Waals surface area contributed by atoms with Crippen molar-refractivity contribution in [2.24, 2.45) is 5.92 Å². The number of methoxy groups -OCH3 is 1. The molecule has 2 aromatic carbocycles. The number of hydrogen-bond donors (Lipinski definition) is 2. The average Bonchev–Trinajstić information content (AvgIpc) is 2.54. The molecule has 0 bridgehead atoms. The van der Waals surface area contributed by atoms with Crippen LogP contribution in [-0.2, 0) is 19.4 Å². The first-order valence-electron chi connectivity index (χ1n) is 8.22. The van der Waals surface area contributed by atoms with Crippen LogP contribution in [0.5, 0.6) is 5.75 Å². The first kappa shape index (κ1) is 17.4. The second-order valence-corrected chi connectivity index (χ2v) is 6.28. The van der Waals surface area contributed by atoms with Gasteiger partial charge in [-0.2, -0.15) is 0 Å². The van der Waals surface area contributed by atoms with E-state index in [4.69, 9.17) is 9.84 Å². The van der Waals surface area contributed by atoms with E-state index in [0.29, 0.717) is 12.3 Å². The molecule has 0 unspecified atom stereocenters. The summed E-state index contributed by atoms with van der Waals surface area (Å²) in [6.07, 6.45) is 1.77. The highest BCUT2D eigenvalue weighted by molar-refractivity contribution is 5.58. The molecule has 0 fully saturated rings. The van der Waals surface area contributed by atoms with Crippen LogP contribution in [0.1, 0.15) is 30.5 Å². The Morgan fingerprint density at radius 3 is 2.26 bits per heavy atom. The average molecular weight is 313 g/mol. The lowest BCUT2D eigenvalue weighted by atomic mass is 10.0. The summed E-state index contributed by atoms with van der Waals surface area (Å²) in [5.74, 6) is 1.49. The van der Waals surface area contributed by atoms with E-state index in [1.807, 2.05) is 18.2 Å². The van der Waals surface area contributed by atoms with Gasteiger partial charge in [0.05, 0.1) is 12.8 Å². The molecule has 124 valence electrons. The summed E-state index contributed by atoms with van der Waals surface area (Å²) in [6.45, 7) is 5.39. The number of nitrogens with one attached hydrogen (secondary N) is 1. The lowest BCUT2D eigenvalue weighted by Gasteiger charge is -2.13. The predicted octanol–water partition coefficient (Wildman–Crippen LogP) is 4.04. The van der Waals surface area contributed by atoms with Crippen molar-refractivity contribution >= 4 is 5.69 Å². The zero-order chi connectivity index (χ0) is 16.7. The van der Waals surface area contributed by atoms with Crippen molar-refractivity contribution in [2.75, 3.05) is 19.0 Å². The minimum atomic E-state index is 0.151. The molecule has 23 heavy (non-hydrogen) atoms. The van der Waals surface area contributed by atoms with Crippen LogP contribution in [0.3, 0.4) is 0 Å². The third kappa shape index (κ3) is 5.29. The van der Waals surface area contributed by atoms with Crippen molar-refractivity contribution in [3.8, 4) is 5.75 Å². The molecular weight excluding hydrogens is 286 g/mol. The summed E-state index contributed by atoms with van der Waals surface area (Å²) >= 11 is 0. The van der Waals surface area contributed by atoms with E-state index in [2.05, 4.69) is 43.4 Å². The maximum Gasteiger partial charge on any atom is 0.142 e. The Morgan fingerprint density at radius 2 is 1.65 bits per heavy atom.